The van der Waals surface area contributed by atoms with Crippen LogP contribution >= 0.6 is 0 Å². The summed E-state index contributed by atoms with van der Waals surface area (Å²) < 4.78 is 6.12. The molecule has 0 aliphatic heterocycles. The molecule has 0 radical (unpaired) electrons. The molecule has 8 heteroatoms. The number of nitrogens with one attached hydrogen (secondary N) is 1. The fourth-order valence-electron chi connectivity index (χ4n) is 2.75. The van der Waals surface area contributed by atoms with Gasteiger partial charge in [-0.05, 0) is 35.9 Å². The maximum atomic E-state index is 12.4. The molecule has 2 aromatic carbocycles. The molecule has 0 saturated heterocycles. The maximum absolute atomic E-state index is 12.4. The SMILES string of the molecule is COc1ccc(-c2ccc(=O)n(CC(=O)N[C@@H](C(=O)O)c3ccccc3)n2)cc1. The molecule has 0 aliphatic rings. The predicted octanol–water partition coefficient (Wildman–Crippen LogP) is 1.86. The van der Waals surface area contributed by atoms with Crippen molar-refractivity contribution in [1.29, 1.82) is 0 Å². The summed E-state index contributed by atoms with van der Waals surface area (Å²) >= 11 is 0. The highest BCUT2D eigenvalue weighted by Crippen LogP contribution is 2.19. The van der Waals surface area contributed by atoms with Gasteiger partial charge in [-0.3, -0.25) is 9.59 Å². The van der Waals surface area contributed by atoms with E-state index in [1.807, 2.05) is 0 Å². The highest BCUT2D eigenvalue weighted by molar-refractivity contribution is 5.84. The van der Waals surface area contributed by atoms with Gasteiger partial charge in [0.05, 0.1) is 12.8 Å². The molecule has 148 valence electrons. The lowest BCUT2D eigenvalue weighted by atomic mass is 10.1. The molecule has 29 heavy (non-hydrogen) atoms. The van der Waals surface area contributed by atoms with Crippen molar-refractivity contribution >= 4 is 11.9 Å². The number of benzene rings is 2. The summed E-state index contributed by atoms with van der Waals surface area (Å²) in [7, 11) is 1.56. The van der Waals surface area contributed by atoms with Crippen molar-refractivity contribution in [3.05, 3.63) is 82.6 Å². The maximum Gasteiger partial charge on any atom is 0.330 e. The molecule has 8 nitrogen and oxygen atoms in total. The normalized spacial score (nSPS) is 11.5. The summed E-state index contributed by atoms with van der Waals surface area (Å²) in [6.45, 7) is -0.403. The minimum atomic E-state index is -1.22. The second kappa shape index (κ2) is 8.83. The van der Waals surface area contributed by atoms with Crippen LogP contribution in [-0.2, 0) is 16.1 Å². The molecule has 0 spiro atoms. The zero-order chi connectivity index (χ0) is 20.8. The number of amides is 1. The number of rotatable bonds is 7. The Labute approximate surface area is 166 Å². The van der Waals surface area contributed by atoms with E-state index in [4.69, 9.17) is 4.74 Å². The van der Waals surface area contributed by atoms with Crippen LogP contribution in [0.25, 0.3) is 11.3 Å². The molecule has 0 aliphatic carbocycles. The van der Waals surface area contributed by atoms with E-state index in [1.54, 1.807) is 67.8 Å². The summed E-state index contributed by atoms with van der Waals surface area (Å²) in [5.41, 5.74) is 1.20. The van der Waals surface area contributed by atoms with Gasteiger partial charge in [-0.2, -0.15) is 5.10 Å². The zero-order valence-electron chi connectivity index (χ0n) is 15.6. The summed E-state index contributed by atoms with van der Waals surface area (Å²) in [6, 6.07) is 17.1. The van der Waals surface area contributed by atoms with E-state index >= 15 is 0 Å². The smallest absolute Gasteiger partial charge is 0.330 e. The molecule has 2 N–H and O–H groups in total. The van der Waals surface area contributed by atoms with E-state index in [1.165, 1.54) is 6.07 Å². The molecule has 1 amide bonds. The van der Waals surface area contributed by atoms with Crippen LogP contribution < -0.4 is 15.6 Å². The van der Waals surface area contributed by atoms with Gasteiger partial charge in [-0.15, -0.1) is 0 Å². The zero-order valence-corrected chi connectivity index (χ0v) is 15.6. The van der Waals surface area contributed by atoms with Crippen molar-refractivity contribution < 1.29 is 19.4 Å². The summed E-state index contributed by atoms with van der Waals surface area (Å²) in [5, 5.41) is 16.1. The van der Waals surface area contributed by atoms with Crippen LogP contribution in [0.2, 0.25) is 0 Å². The van der Waals surface area contributed by atoms with Crippen molar-refractivity contribution in [2.45, 2.75) is 12.6 Å². The van der Waals surface area contributed by atoms with E-state index in [2.05, 4.69) is 10.4 Å². The number of ether oxygens (including phenoxy) is 1. The topological polar surface area (TPSA) is 111 Å². The van der Waals surface area contributed by atoms with Crippen LogP contribution in [0.3, 0.4) is 0 Å². The van der Waals surface area contributed by atoms with Crippen LogP contribution in [0, 0.1) is 0 Å². The third-order valence-corrected chi connectivity index (χ3v) is 4.23. The Bertz CT molecular complexity index is 1060. The molecule has 0 fully saturated rings. The van der Waals surface area contributed by atoms with Crippen LogP contribution in [-0.4, -0.2) is 33.9 Å². The Balaban J connectivity index is 1.79. The predicted molar refractivity (Wildman–Crippen MR) is 105 cm³/mol. The minimum absolute atomic E-state index is 0.403. The number of hydrogen-bond acceptors (Lipinski definition) is 5. The Morgan fingerprint density at radius 1 is 1.07 bits per heavy atom. The van der Waals surface area contributed by atoms with Crippen molar-refractivity contribution in [1.82, 2.24) is 15.1 Å². The Morgan fingerprint density at radius 2 is 1.76 bits per heavy atom. The molecule has 3 rings (SSSR count). The largest absolute Gasteiger partial charge is 0.497 e. The van der Waals surface area contributed by atoms with Gasteiger partial charge < -0.3 is 15.2 Å². The number of carbonyl (C=O) groups excluding carboxylic acids is 1. The van der Waals surface area contributed by atoms with Crippen molar-refractivity contribution in [2.24, 2.45) is 0 Å². The molecular formula is C21H19N3O5. The van der Waals surface area contributed by atoms with Gasteiger partial charge in [-0.1, -0.05) is 30.3 Å². The molecule has 0 saturated carbocycles. The van der Waals surface area contributed by atoms with E-state index in [0.717, 1.165) is 10.2 Å². The number of hydrogen-bond donors (Lipinski definition) is 2. The fourth-order valence-corrected chi connectivity index (χ4v) is 2.75. The van der Waals surface area contributed by atoms with Gasteiger partial charge in [0.2, 0.25) is 5.91 Å². The van der Waals surface area contributed by atoms with E-state index < -0.39 is 30.0 Å². The number of methoxy groups -OCH3 is 1. The van der Waals surface area contributed by atoms with Gasteiger partial charge in [0.1, 0.15) is 12.3 Å². The van der Waals surface area contributed by atoms with Crippen molar-refractivity contribution in [2.75, 3.05) is 7.11 Å². The summed E-state index contributed by atoms with van der Waals surface area (Å²) in [6.07, 6.45) is 0. The first kappa shape index (κ1) is 19.8. The Morgan fingerprint density at radius 3 is 2.38 bits per heavy atom. The highest BCUT2D eigenvalue weighted by Gasteiger charge is 2.22. The van der Waals surface area contributed by atoms with Gasteiger partial charge in [0.25, 0.3) is 5.56 Å². The molecule has 1 aromatic heterocycles. The quantitative estimate of drug-likeness (QED) is 0.634. The van der Waals surface area contributed by atoms with E-state index in [9.17, 15) is 19.5 Å². The third kappa shape index (κ3) is 4.86. The Hall–Kier alpha value is -3.94. The van der Waals surface area contributed by atoms with Crippen LogP contribution in [0.15, 0.2) is 71.5 Å². The second-order valence-electron chi connectivity index (χ2n) is 6.19. The molecule has 1 atom stereocenters. The average molecular weight is 393 g/mol. The lowest BCUT2D eigenvalue weighted by molar-refractivity contribution is -0.142. The van der Waals surface area contributed by atoms with Gasteiger partial charge in [0, 0.05) is 11.6 Å². The number of carboxylic acid groups (broad SMARTS) is 1. The second-order valence-corrected chi connectivity index (χ2v) is 6.19. The first-order valence-corrected chi connectivity index (χ1v) is 8.77. The highest BCUT2D eigenvalue weighted by atomic mass is 16.5. The van der Waals surface area contributed by atoms with E-state index in [-0.39, 0.29) is 0 Å². The van der Waals surface area contributed by atoms with Crippen molar-refractivity contribution in [3.63, 3.8) is 0 Å². The number of aromatic nitrogens is 2. The van der Waals surface area contributed by atoms with Crippen LogP contribution in [0.5, 0.6) is 5.75 Å². The molecular weight excluding hydrogens is 374 g/mol. The molecule has 3 aromatic rings. The first-order chi connectivity index (χ1) is 14.0. The standard InChI is InChI=1S/C21H19N3O5/c1-29-16-9-7-14(8-10-16)17-11-12-19(26)24(23-17)13-18(25)22-20(21(27)28)15-5-3-2-4-6-15/h2-12,20H,13H2,1H3,(H,22,25)(H,27,28)/t20-/m1/s1. The average Bonchev–Trinajstić information content (AvgIpc) is 2.74. The number of carbonyl (C=O) groups is 2. The minimum Gasteiger partial charge on any atom is -0.497 e. The van der Waals surface area contributed by atoms with Gasteiger partial charge >= 0.3 is 5.97 Å². The van der Waals surface area contributed by atoms with Crippen LogP contribution in [0.1, 0.15) is 11.6 Å². The van der Waals surface area contributed by atoms with E-state index in [0.29, 0.717) is 17.0 Å². The number of aliphatic carboxylic acids is 1. The molecule has 1 heterocycles. The third-order valence-electron chi connectivity index (χ3n) is 4.23. The fraction of sp³-hybridized carbons (Fsp3) is 0.143. The van der Waals surface area contributed by atoms with Crippen molar-refractivity contribution in [3.8, 4) is 17.0 Å². The molecule has 0 unspecified atom stereocenters. The van der Waals surface area contributed by atoms with Gasteiger partial charge in [-0.25, -0.2) is 9.48 Å². The molecule has 0 bridgehead atoms. The lowest BCUT2D eigenvalue weighted by Crippen LogP contribution is -2.38. The summed E-state index contributed by atoms with van der Waals surface area (Å²) in [5.74, 6) is -1.15. The monoisotopic (exact) mass is 393 g/mol. The number of nitrogens with zero attached hydrogens (tertiary/aromatic N) is 2. The van der Waals surface area contributed by atoms with Crippen LogP contribution in [0.4, 0.5) is 0 Å². The number of carboxylic acids is 1. The first-order valence-electron chi connectivity index (χ1n) is 8.77. The Kier molecular flexibility index (Phi) is 6.03. The lowest BCUT2D eigenvalue weighted by Gasteiger charge is -2.15. The van der Waals surface area contributed by atoms with Gasteiger partial charge in [0.15, 0.2) is 6.04 Å². The summed E-state index contributed by atoms with van der Waals surface area (Å²) in [4.78, 5) is 36.0.